The van der Waals surface area contributed by atoms with Crippen LogP contribution in [-0.2, 0) is 16.0 Å². The maximum atomic E-state index is 13.3. The summed E-state index contributed by atoms with van der Waals surface area (Å²) in [6.45, 7) is 6.40. The zero-order valence-electron chi connectivity index (χ0n) is 20.2. The summed E-state index contributed by atoms with van der Waals surface area (Å²) in [5, 5.41) is 0.495. The second-order valence-corrected chi connectivity index (χ2v) is 10.6. The van der Waals surface area contributed by atoms with Gasteiger partial charge in [0.1, 0.15) is 5.75 Å². The number of hydrogen-bond donors (Lipinski definition) is 0. The summed E-state index contributed by atoms with van der Waals surface area (Å²) in [6.07, 6.45) is 3.12. The van der Waals surface area contributed by atoms with E-state index >= 15 is 0 Å². The van der Waals surface area contributed by atoms with E-state index in [0.717, 1.165) is 62.4 Å². The normalized spacial score (nSPS) is 19.2. The first-order valence-electron chi connectivity index (χ1n) is 12.2. The van der Waals surface area contributed by atoms with Crippen molar-refractivity contribution >= 4 is 29.3 Å². The number of aryl methyl sites for hydroxylation is 1. The number of rotatable bonds is 6. The largest absolute Gasteiger partial charge is 0.497 e. The van der Waals surface area contributed by atoms with E-state index in [1.807, 2.05) is 58.0 Å². The van der Waals surface area contributed by atoms with E-state index in [9.17, 15) is 9.59 Å². The number of benzene rings is 2. The summed E-state index contributed by atoms with van der Waals surface area (Å²) in [4.78, 5) is 33.5. The third-order valence-corrected chi connectivity index (χ3v) is 7.87. The van der Waals surface area contributed by atoms with Gasteiger partial charge in [-0.25, -0.2) is 0 Å². The van der Waals surface area contributed by atoms with Gasteiger partial charge in [0.05, 0.1) is 19.3 Å². The van der Waals surface area contributed by atoms with Crippen molar-refractivity contribution in [3.8, 4) is 5.75 Å². The van der Waals surface area contributed by atoms with E-state index in [0.29, 0.717) is 24.8 Å². The Morgan fingerprint density at radius 1 is 0.971 bits per heavy atom. The van der Waals surface area contributed by atoms with Crippen LogP contribution >= 0.6 is 11.8 Å². The predicted molar refractivity (Wildman–Crippen MR) is 138 cm³/mol. The molecule has 0 aliphatic carbocycles. The summed E-state index contributed by atoms with van der Waals surface area (Å²) in [7, 11) is 1.65. The number of amides is 2. The average Bonchev–Trinajstić information content (AvgIpc) is 3.18. The predicted octanol–water partition coefficient (Wildman–Crippen LogP) is 4.08. The molecule has 4 rings (SSSR count). The first-order valence-corrected chi connectivity index (χ1v) is 13.1. The molecule has 6 nitrogen and oxygen atoms in total. The molecule has 2 aliphatic rings. The maximum Gasteiger partial charge on any atom is 0.241 e. The first-order chi connectivity index (χ1) is 16.5. The third-order valence-electron chi connectivity index (χ3n) is 6.63. The van der Waals surface area contributed by atoms with Crippen molar-refractivity contribution in [3.05, 3.63) is 54.1 Å². The average molecular weight is 482 g/mol. The molecule has 1 atom stereocenters. The molecule has 7 heteroatoms. The monoisotopic (exact) mass is 481 g/mol. The van der Waals surface area contributed by atoms with Crippen LogP contribution in [0, 0.1) is 0 Å². The third kappa shape index (κ3) is 6.33. The molecule has 0 N–H and O–H groups in total. The Hall–Kier alpha value is -2.51. The van der Waals surface area contributed by atoms with E-state index in [4.69, 9.17) is 4.74 Å². The van der Waals surface area contributed by atoms with Gasteiger partial charge in [0.2, 0.25) is 11.8 Å². The summed E-state index contributed by atoms with van der Waals surface area (Å²) in [6, 6.07) is 16.1. The first kappa shape index (κ1) is 24.6. The topological polar surface area (TPSA) is 53.1 Å². The zero-order chi connectivity index (χ0) is 23.9. The minimum absolute atomic E-state index is 0.154. The summed E-state index contributed by atoms with van der Waals surface area (Å²) in [5.74, 6) is 1.17. The number of carbonyl (C=O) groups excluding carboxylic acids is 2. The van der Waals surface area contributed by atoms with Gasteiger partial charge in [-0.05, 0) is 49.1 Å². The minimum atomic E-state index is 0.154. The summed E-state index contributed by atoms with van der Waals surface area (Å²) in [5.41, 5.74) is 2.17. The van der Waals surface area contributed by atoms with Crippen molar-refractivity contribution in [2.45, 2.75) is 42.8 Å². The summed E-state index contributed by atoms with van der Waals surface area (Å²) >= 11 is 1.85. The standard InChI is InChI=1S/C27H35N3O3S/c1-21-14-17-30(24-6-3-4-7-25(24)34-21)27(32)20-28-15-5-16-29(19-18-28)26(31)13-10-22-8-11-23(33-2)12-9-22/h3-4,6-9,11-12,21H,5,10,13-20H2,1-2H3. The number of para-hydroxylation sites is 1. The highest BCUT2D eigenvalue weighted by atomic mass is 32.2. The molecule has 1 unspecified atom stereocenters. The van der Waals surface area contributed by atoms with Gasteiger partial charge in [0.15, 0.2) is 0 Å². The number of anilines is 1. The quantitative estimate of drug-likeness (QED) is 0.622. The van der Waals surface area contributed by atoms with Gasteiger partial charge < -0.3 is 14.5 Å². The number of thioether (sulfide) groups is 1. The Balaban J connectivity index is 1.29. The van der Waals surface area contributed by atoms with Crippen LogP contribution in [0.2, 0.25) is 0 Å². The van der Waals surface area contributed by atoms with Crippen LogP contribution in [0.3, 0.4) is 0 Å². The molecular weight excluding hydrogens is 446 g/mol. The van der Waals surface area contributed by atoms with Crippen molar-refractivity contribution in [2.24, 2.45) is 0 Å². The van der Waals surface area contributed by atoms with Crippen molar-refractivity contribution in [2.75, 3.05) is 51.3 Å². The van der Waals surface area contributed by atoms with Gasteiger partial charge >= 0.3 is 0 Å². The van der Waals surface area contributed by atoms with Gasteiger partial charge in [-0.3, -0.25) is 14.5 Å². The second-order valence-electron chi connectivity index (χ2n) is 9.09. The zero-order valence-corrected chi connectivity index (χ0v) is 21.1. The lowest BCUT2D eigenvalue weighted by Gasteiger charge is -2.27. The van der Waals surface area contributed by atoms with Gasteiger partial charge in [0, 0.05) is 49.3 Å². The SMILES string of the molecule is COc1ccc(CCC(=O)N2CCCN(CC(=O)N3CCC(C)Sc4ccccc43)CC2)cc1. The van der Waals surface area contributed by atoms with Gasteiger partial charge in [-0.1, -0.05) is 31.2 Å². The van der Waals surface area contributed by atoms with Crippen molar-refractivity contribution in [1.29, 1.82) is 0 Å². The molecular formula is C27H35N3O3S. The van der Waals surface area contributed by atoms with E-state index in [1.165, 1.54) is 4.90 Å². The minimum Gasteiger partial charge on any atom is -0.497 e. The van der Waals surface area contributed by atoms with Crippen LogP contribution < -0.4 is 9.64 Å². The van der Waals surface area contributed by atoms with Crippen LogP contribution in [0.15, 0.2) is 53.4 Å². The van der Waals surface area contributed by atoms with Crippen LogP contribution in [0.25, 0.3) is 0 Å². The Labute approximate surface area is 207 Å². The van der Waals surface area contributed by atoms with Crippen molar-refractivity contribution in [3.63, 3.8) is 0 Å². The number of fused-ring (bicyclic) bond motifs is 1. The number of carbonyl (C=O) groups is 2. The molecule has 2 aromatic carbocycles. The van der Waals surface area contributed by atoms with Crippen LogP contribution in [0.4, 0.5) is 5.69 Å². The molecule has 0 spiro atoms. The van der Waals surface area contributed by atoms with Gasteiger partial charge in [0.25, 0.3) is 0 Å². The summed E-state index contributed by atoms with van der Waals surface area (Å²) < 4.78 is 5.20. The molecule has 182 valence electrons. The number of nitrogens with zero attached hydrogens (tertiary/aromatic N) is 3. The lowest BCUT2D eigenvalue weighted by molar-refractivity contribution is -0.131. The molecule has 2 amide bonds. The van der Waals surface area contributed by atoms with Crippen LogP contribution in [0.5, 0.6) is 5.75 Å². The highest BCUT2D eigenvalue weighted by molar-refractivity contribution is 8.00. The fourth-order valence-corrected chi connectivity index (χ4v) is 5.72. The van der Waals surface area contributed by atoms with E-state index < -0.39 is 0 Å². The molecule has 2 heterocycles. The molecule has 34 heavy (non-hydrogen) atoms. The van der Waals surface area contributed by atoms with Crippen molar-refractivity contribution < 1.29 is 14.3 Å². The molecule has 0 bridgehead atoms. The Morgan fingerprint density at radius 2 is 1.76 bits per heavy atom. The highest BCUT2D eigenvalue weighted by Gasteiger charge is 2.26. The van der Waals surface area contributed by atoms with E-state index in [2.05, 4.69) is 24.0 Å². The second kappa shape index (κ2) is 11.8. The smallest absolute Gasteiger partial charge is 0.241 e. The fraction of sp³-hybridized carbons (Fsp3) is 0.481. The van der Waals surface area contributed by atoms with E-state index in [-0.39, 0.29) is 11.8 Å². The molecule has 2 aromatic rings. The Morgan fingerprint density at radius 3 is 2.56 bits per heavy atom. The molecule has 0 aromatic heterocycles. The number of ether oxygens (including phenoxy) is 1. The fourth-order valence-electron chi connectivity index (χ4n) is 4.60. The lowest BCUT2D eigenvalue weighted by Crippen LogP contribution is -2.42. The van der Waals surface area contributed by atoms with Crippen LogP contribution in [0.1, 0.15) is 31.7 Å². The van der Waals surface area contributed by atoms with Crippen LogP contribution in [-0.4, -0.2) is 73.2 Å². The Bertz CT molecular complexity index is 981. The van der Waals surface area contributed by atoms with Gasteiger partial charge in [-0.15, -0.1) is 11.8 Å². The number of hydrogen-bond acceptors (Lipinski definition) is 5. The Kier molecular flexibility index (Phi) is 8.51. The van der Waals surface area contributed by atoms with Crippen molar-refractivity contribution in [1.82, 2.24) is 9.80 Å². The lowest BCUT2D eigenvalue weighted by atomic mass is 10.1. The highest BCUT2D eigenvalue weighted by Crippen LogP contribution is 2.37. The maximum absolute atomic E-state index is 13.3. The van der Waals surface area contributed by atoms with E-state index in [1.54, 1.807) is 7.11 Å². The molecule has 0 radical (unpaired) electrons. The molecule has 1 saturated heterocycles. The molecule has 0 saturated carbocycles. The number of methoxy groups -OCH3 is 1. The molecule has 1 fully saturated rings. The molecule has 2 aliphatic heterocycles. The van der Waals surface area contributed by atoms with Gasteiger partial charge in [-0.2, -0.15) is 0 Å².